The molecule has 0 aliphatic carbocycles. The fourth-order valence-electron chi connectivity index (χ4n) is 1.37. The molecule has 0 radical (unpaired) electrons. The van der Waals surface area contributed by atoms with Crippen LogP contribution in [-0.2, 0) is 0 Å². The van der Waals surface area contributed by atoms with E-state index >= 15 is 0 Å². The number of pyridine rings is 1. The summed E-state index contributed by atoms with van der Waals surface area (Å²) in [6.45, 7) is 0. The quantitative estimate of drug-likeness (QED) is 0.392. The first kappa shape index (κ1) is 12.7. The number of halogens is 1. The van der Waals surface area contributed by atoms with E-state index in [-0.39, 0.29) is 5.84 Å². The summed E-state index contributed by atoms with van der Waals surface area (Å²) in [5.74, 6) is 0.0240. The van der Waals surface area contributed by atoms with Gasteiger partial charge in [-0.1, -0.05) is 34.6 Å². The highest BCUT2D eigenvalue weighted by Crippen LogP contribution is 2.30. The molecule has 0 spiro atoms. The van der Waals surface area contributed by atoms with E-state index in [4.69, 9.17) is 22.5 Å². The molecule has 92 valence electrons. The van der Waals surface area contributed by atoms with Gasteiger partial charge in [-0.25, -0.2) is 4.98 Å². The lowest BCUT2D eigenvalue weighted by Crippen LogP contribution is -2.14. The van der Waals surface area contributed by atoms with Crippen molar-refractivity contribution >= 4 is 29.2 Å². The molecule has 0 fully saturated rings. The fraction of sp³-hybridized carbons (Fsp3) is 0. The minimum absolute atomic E-state index is 0.0240. The summed E-state index contributed by atoms with van der Waals surface area (Å²) >= 11 is 7.33. The van der Waals surface area contributed by atoms with E-state index in [0.29, 0.717) is 10.6 Å². The molecule has 0 atom stereocenters. The van der Waals surface area contributed by atoms with Gasteiger partial charge in [-0.15, -0.1) is 0 Å². The number of nitrogens with zero attached hydrogens (tertiary/aromatic N) is 2. The third kappa shape index (κ3) is 2.94. The van der Waals surface area contributed by atoms with Crippen LogP contribution in [0.3, 0.4) is 0 Å². The van der Waals surface area contributed by atoms with E-state index in [2.05, 4.69) is 10.1 Å². The average Bonchev–Trinajstić information content (AvgIpc) is 2.41. The summed E-state index contributed by atoms with van der Waals surface area (Å²) in [6.07, 6.45) is 1.71. The summed E-state index contributed by atoms with van der Waals surface area (Å²) < 4.78 is 0. The van der Waals surface area contributed by atoms with Crippen LogP contribution in [0.4, 0.5) is 0 Å². The van der Waals surface area contributed by atoms with Gasteiger partial charge in [0, 0.05) is 21.7 Å². The van der Waals surface area contributed by atoms with Crippen molar-refractivity contribution < 1.29 is 5.21 Å². The molecule has 0 amide bonds. The van der Waals surface area contributed by atoms with Crippen molar-refractivity contribution in [3.63, 3.8) is 0 Å². The van der Waals surface area contributed by atoms with Crippen LogP contribution in [0, 0.1) is 0 Å². The van der Waals surface area contributed by atoms with E-state index in [1.807, 2.05) is 24.3 Å². The van der Waals surface area contributed by atoms with Crippen molar-refractivity contribution in [3.8, 4) is 0 Å². The van der Waals surface area contributed by atoms with Gasteiger partial charge in [-0.05, 0) is 30.3 Å². The fourth-order valence-corrected chi connectivity index (χ4v) is 2.43. The largest absolute Gasteiger partial charge is 0.409 e. The van der Waals surface area contributed by atoms with Crippen LogP contribution in [-0.4, -0.2) is 16.0 Å². The molecule has 6 heteroatoms. The van der Waals surface area contributed by atoms with Gasteiger partial charge in [-0.2, -0.15) is 0 Å². The van der Waals surface area contributed by atoms with Crippen LogP contribution in [0.15, 0.2) is 57.7 Å². The third-order valence-corrected chi connectivity index (χ3v) is 3.44. The Bertz CT molecular complexity index is 575. The van der Waals surface area contributed by atoms with Gasteiger partial charge in [-0.3, -0.25) is 0 Å². The monoisotopic (exact) mass is 279 g/mol. The summed E-state index contributed by atoms with van der Waals surface area (Å²) in [7, 11) is 0. The normalized spacial score (nSPS) is 11.5. The lowest BCUT2D eigenvalue weighted by atomic mass is 10.2. The molecular weight excluding hydrogens is 270 g/mol. The second-order valence-corrected chi connectivity index (χ2v) is 4.89. The molecule has 3 N–H and O–H groups in total. The summed E-state index contributed by atoms with van der Waals surface area (Å²) in [6, 6.07) is 10.8. The maximum Gasteiger partial charge on any atom is 0.171 e. The van der Waals surface area contributed by atoms with Crippen molar-refractivity contribution in [2.24, 2.45) is 10.9 Å². The minimum Gasteiger partial charge on any atom is -0.409 e. The van der Waals surface area contributed by atoms with Crippen LogP contribution < -0.4 is 5.73 Å². The highest BCUT2D eigenvalue weighted by Gasteiger charge is 2.10. The Morgan fingerprint density at radius 1 is 1.33 bits per heavy atom. The Kier molecular flexibility index (Phi) is 4.07. The maximum absolute atomic E-state index is 8.76. The first-order valence-corrected chi connectivity index (χ1v) is 6.26. The molecule has 0 saturated carbocycles. The number of aromatic nitrogens is 1. The maximum atomic E-state index is 8.76. The van der Waals surface area contributed by atoms with Gasteiger partial charge in [0.25, 0.3) is 0 Å². The minimum atomic E-state index is 0.0240. The van der Waals surface area contributed by atoms with Gasteiger partial charge in [0.15, 0.2) is 5.84 Å². The third-order valence-electron chi connectivity index (χ3n) is 2.18. The van der Waals surface area contributed by atoms with E-state index in [1.54, 1.807) is 18.3 Å². The van der Waals surface area contributed by atoms with Crippen LogP contribution in [0.2, 0.25) is 5.02 Å². The zero-order chi connectivity index (χ0) is 13.0. The Morgan fingerprint density at radius 2 is 2.17 bits per heavy atom. The predicted octanol–water partition coefficient (Wildman–Crippen LogP) is 2.98. The SMILES string of the molecule is NC(=NO)c1cc(Cl)ccc1Sc1ccccn1. The molecular formula is C12H10ClN3OS. The Labute approximate surface area is 113 Å². The molecule has 2 aromatic rings. The van der Waals surface area contributed by atoms with E-state index in [1.165, 1.54) is 11.8 Å². The first-order chi connectivity index (χ1) is 8.70. The highest BCUT2D eigenvalue weighted by molar-refractivity contribution is 7.99. The second-order valence-electron chi connectivity index (χ2n) is 3.40. The predicted molar refractivity (Wildman–Crippen MR) is 72.3 cm³/mol. The average molecular weight is 280 g/mol. The molecule has 1 aromatic heterocycles. The van der Waals surface area contributed by atoms with E-state index in [0.717, 1.165) is 9.92 Å². The number of hydrogen-bond donors (Lipinski definition) is 2. The van der Waals surface area contributed by atoms with E-state index in [9.17, 15) is 0 Å². The van der Waals surface area contributed by atoms with Crippen molar-refractivity contribution in [2.45, 2.75) is 9.92 Å². The Morgan fingerprint density at radius 3 is 2.83 bits per heavy atom. The number of amidine groups is 1. The van der Waals surface area contributed by atoms with E-state index < -0.39 is 0 Å². The summed E-state index contributed by atoms with van der Waals surface area (Å²) in [4.78, 5) is 5.04. The molecule has 4 nitrogen and oxygen atoms in total. The van der Waals surface area contributed by atoms with Crippen LogP contribution in [0.25, 0.3) is 0 Å². The zero-order valence-corrected chi connectivity index (χ0v) is 10.8. The number of hydrogen-bond acceptors (Lipinski definition) is 4. The van der Waals surface area contributed by atoms with Crippen LogP contribution in [0.1, 0.15) is 5.56 Å². The lowest BCUT2D eigenvalue weighted by molar-refractivity contribution is 0.318. The van der Waals surface area contributed by atoms with Crippen molar-refractivity contribution in [1.82, 2.24) is 4.98 Å². The van der Waals surface area contributed by atoms with Crippen LogP contribution >= 0.6 is 23.4 Å². The van der Waals surface area contributed by atoms with Gasteiger partial charge in [0.1, 0.15) is 5.03 Å². The number of nitrogens with two attached hydrogens (primary N) is 1. The topological polar surface area (TPSA) is 71.5 Å². The Hall–Kier alpha value is -1.72. The van der Waals surface area contributed by atoms with Crippen molar-refractivity contribution in [2.75, 3.05) is 0 Å². The molecule has 2 rings (SSSR count). The molecule has 18 heavy (non-hydrogen) atoms. The van der Waals surface area contributed by atoms with Crippen molar-refractivity contribution in [1.29, 1.82) is 0 Å². The Balaban J connectivity index is 2.39. The molecule has 0 aliphatic rings. The number of oxime groups is 1. The van der Waals surface area contributed by atoms with Gasteiger partial charge in [0.05, 0.1) is 0 Å². The summed E-state index contributed by atoms with van der Waals surface area (Å²) in [5, 5.41) is 13.1. The molecule has 0 bridgehead atoms. The van der Waals surface area contributed by atoms with Crippen molar-refractivity contribution in [3.05, 3.63) is 53.2 Å². The second kappa shape index (κ2) is 5.75. The van der Waals surface area contributed by atoms with Gasteiger partial charge < -0.3 is 10.9 Å². The zero-order valence-electron chi connectivity index (χ0n) is 9.25. The molecule has 1 aromatic carbocycles. The summed E-state index contributed by atoms with van der Waals surface area (Å²) in [5.41, 5.74) is 6.21. The highest BCUT2D eigenvalue weighted by atomic mass is 35.5. The first-order valence-electron chi connectivity index (χ1n) is 5.07. The smallest absolute Gasteiger partial charge is 0.171 e. The number of rotatable bonds is 3. The number of benzene rings is 1. The standard InChI is InChI=1S/C12H10ClN3OS/c13-8-4-5-10(9(7-8)12(14)16-17)18-11-3-1-2-6-15-11/h1-7,17H,(H2,14,16). The van der Waals surface area contributed by atoms with Gasteiger partial charge >= 0.3 is 0 Å². The molecule has 0 saturated heterocycles. The van der Waals surface area contributed by atoms with Gasteiger partial charge in [0.2, 0.25) is 0 Å². The molecule has 1 heterocycles. The molecule has 0 aliphatic heterocycles. The van der Waals surface area contributed by atoms with Crippen LogP contribution in [0.5, 0.6) is 0 Å². The molecule has 0 unspecified atom stereocenters. The lowest BCUT2D eigenvalue weighted by Gasteiger charge is -2.07.